The summed E-state index contributed by atoms with van der Waals surface area (Å²) in [5.74, 6) is 0.741. The Morgan fingerprint density at radius 1 is 1.20 bits per heavy atom. The fourth-order valence-corrected chi connectivity index (χ4v) is 1.88. The van der Waals surface area contributed by atoms with E-state index in [2.05, 4.69) is 37.9 Å². The predicted molar refractivity (Wildman–Crippen MR) is 67.2 cm³/mol. The van der Waals surface area contributed by atoms with E-state index in [-0.39, 0.29) is 0 Å². The van der Waals surface area contributed by atoms with Crippen LogP contribution in [0.15, 0.2) is 0 Å². The lowest BCUT2D eigenvalue weighted by atomic mass is 10.1. The molecule has 0 aliphatic heterocycles. The lowest BCUT2D eigenvalue weighted by molar-refractivity contribution is 0.255. The minimum Gasteiger partial charge on any atom is -0.313 e. The van der Waals surface area contributed by atoms with Crippen LogP contribution in [0.2, 0.25) is 0 Å². The van der Waals surface area contributed by atoms with Gasteiger partial charge in [-0.25, -0.2) is 0 Å². The molecule has 0 heterocycles. The molecule has 1 rings (SSSR count). The van der Waals surface area contributed by atoms with Crippen LogP contribution < -0.4 is 5.32 Å². The quantitative estimate of drug-likeness (QED) is 0.665. The van der Waals surface area contributed by atoms with Gasteiger partial charge in [-0.15, -0.1) is 0 Å². The van der Waals surface area contributed by atoms with E-state index in [0.717, 1.165) is 18.5 Å². The first-order chi connectivity index (χ1) is 7.15. The molecule has 90 valence electrons. The lowest BCUT2D eigenvalue weighted by Gasteiger charge is -2.24. The van der Waals surface area contributed by atoms with Crippen molar-refractivity contribution >= 4 is 0 Å². The first-order valence-electron chi connectivity index (χ1n) is 6.62. The Kier molecular flexibility index (Phi) is 5.62. The second-order valence-electron chi connectivity index (χ2n) is 5.25. The second kappa shape index (κ2) is 6.49. The number of nitrogens with zero attached hydrogens (tertiary/aromatic N) is 1. The van der Waals surface area contributed by atoms with Gasteiger partial charge in [0.1, 0.15) is 0 Å². The van der Waals surface area contributed by atoms with Crippen LogP contribution in [-0.2, 0) is 0 Å². The van der Waals surface area contributed by atoms with E-state index in [1.807, 2.05) is 0 Å². The van der Waals surface area contributed by atoms with E-state index in [1.54, 1.807) is 0 Å². The van der Waals surface area contributed by atoms with Crippen molar-refractivity contribution in [3.63, 3.8) is 0 Å². The number of nitrogens with one attached hydrogen (secondary N) is 1. The average molecular weight is 212 g/mol. The fourth-order valence-electron chi connectivity index (χ4n) is 1.88. The fraction of sp³-hybridized carbons (Fsp3) is 1.00. The Morgan fingerprint density at radius 2 is 1.87 bits per heavy atom. The summed E-state index contributed by atoms with van der Waals surface area (Å²) in [5.41, 5.74) is 0. The minimum atomic E-state index is 0.646. The standard InChI is InChI=1S/C13H28N2/c1-5-9-15(13-6-7-13)10-8-14-12(4)11(2)3/h11-14H,5-10H2,1-4H3. The summed E-state index contributed by atoms with van der Waals surface area (Å²) in [5, 5.41) is 3.61. The van der Waals surface area contributed by atoms with Gasteiger partial charge in [0.05, 0.1) is 0 Å². The second-order valence-corrected chi connectivity index (χ2v) is 5.25. The van der Waals surface area contributed by atoms with Crippen LogP contribution >= 0.6 is 0 Å². The minimum absolute atomic E-state index is 0.646. The molecule has 0 spiro atoms. The molecule has 2 heteroatoms. The van der Waals surface area contributed by atoms with E-state index in [4.69, 9.17) is 0 Å². The highest BCUT2D eigenvalue weighted by atomic mass is 15.2. The van der Waals surface area contributed by atoms with Gasteiger partial charge in [0.25, 0.3) is 0 Å². The molecule has 0 amide bonds. The van der Waals surface area contributed by atoms with Crippen molar-refractivity contribution in [3.05, 3.63) is 0 Å². The highest BCUT2D eigenvalue weighted by molar-refractivity contribution is 4.84. The molecule has 0 saturated heterocycles. The van der Waals surface area contributed by atoms with Crippen LogP contribution in [-0.4, -0.2) is 36.6 Å². The van der Waals surface area contributed by atoms with Gasteiger partial charge in [-0.2, -0.15) is 0 Å². The van der Waals surface area contributed by atoms with Gasteiger partial charge in [0.2, 0.25) is 0 Å². The Balaban J connectivity index is 2.10. The Labute approximate surface area is 95.4 Å². The summed E-state index contributed by atoms with van der Waals surface area (Å²) in [4.78, 5) is 2.65. The zero-order valence-corrected chi connectivity index (χ0v) is 10.9. The topological polar surface area (TPSA) is 15.3 Å². The lowest BCUT2D eigenvalue weighted by Crippen LogP contribution is -2.39. The summed E-state index contributed by atoms with van der Waals surface area (Å²) in [6.45, 7) is 12.8. The third-order valence-electron chi connectivity index (χ3n) is 3.44. The Morgan fingerprint density at radius 3 is 2.33 bits per heavy atom. The van der Waals surface area contributed by atoms with E-state index in [1.165, 1.54) is 32.4 Å². The zero-order chi connectivity index (χ0) is 11.3. The van der Waals surface area contributed by atoms with Gasteiger partial charge in [-0.3, -0.25) is 4.90 Å². The maximum absolute atomic E-state index is 3.61. The first-order valence-corrected chi connectivity index (χ1v) is 6.62. The van der Waals surface area contributed by atoms with E-state index in [0.29, 0.717) is 6.04 Å². The van der Waals surface area contributed by atoms with Gasteiger partial charge in [0.15, 0.2) is 0 Å². The van der Waals surface area contributed by atoms with Crippen molar-refractivity contribution in [1.29, 1.82) is 0 Å². The normalized spacial score (nSPS) is 18.8. The summed E-state index contributed by atoms with van der Waals surface area (Å²) in [6, 6.07) is 1.56. The molecule has 1 saturated carbocycles. The maximum atomic E-state index is 3.61. The zero-order valence-electron chi connectivity index (χ0n) is 10.9. The van der Waals surface area contributed by atoms with Gasteiger partial charge in [-0.1, -0.05) is 20.8 Å². The number of hydrogen-bond donors (Lipinski definition) is 1. The van der Waals surface area contributed by atoms with Crippen molar-refractivity contribution in [3.8, 4) is 0 Å². The molecule has 1 fully saturated rings. The van der Waals surface area contributed by atoms with Gasteiger partial charge >= 0.3 is 0 Å². The maximum Gasteiger partial charge on any atom is 0.0110 e. The van der Waals surface area contributed by atoms with Gasteiger partial charge < -0.3 is 5.32 Å². The molecule has 1 atom stereocenters. The summed E-state index contributed by atoms with van der Waals surface area (Å²) >= 11 is 0. The summed E-state index contributed by atoms with van der Waals surface area (Å²) in [6.07, 6.45) is 4.15. The molecule has 1 aliphatic rings. The molecule has 1 unspecified atom stereocenters. The van der Waals surface area contributed by atoms with E-state index < -0.39 is 0 Å². The van der Waals surface area contributed by atoms with Crippen LogP contribution in [0.25, 0.3) is 0 Å². The smallest absolute Gasteiger partial charge is 0.0110 e. The van der Waals surface area contributed by atoms with Crippen LogP contribution in [0, 0.1) is 5.92 Å². The van der Waals surface area contributed by atoms with Crippen LogP contribution in [0.1, 0.15) is 47.0 Å². The molecule has 0 radical (unpaired) electrons. The molecule has 0 aromatic heterocycles. The van der Waals surface area contributed by atoms with Crippen molar-refractivity contribution in [2.45, 2.75) is 59.0 Å². The average Bonchev–Trinajstić information content (AvgIpc) is 2.99. The molecule has 1 N–H and O–H groups in total. The SMILES string of the molecule is CCCN(CCNC(C)C(C)C)C1CC1. The third-order valence-corrected chi connectivity index (χ3v) is 3.44. The summed E-state index contributed by atoms with van der Waals surface area (Å²) in [7, 11) is 0. The molecule has 0 aromatic carbocycles. The Bertz CT molecular complexity index is 164. The van der Waals surface area contributed by atoms with Crippen molar-refractivity contribution in [1.82, 2.24) is 10.2 Å². The molecule has 0 bridgehead atoms. The molecule has 2 nitrogen and oxygen atoms in total. The largest absolute Gasteiger partial charge is 0.313 e. The van der Waals surface area contributed by atoms with Crippen LogP contribution in [0.3, 0.4) is 0 Å². The number of rotatable bonds is 8. The Hall–Kier alpha value is -0.0800. The third kappa shape index (κ3) is 4.98. The van der Waals surface area contributed by atoms with E-state index >= 15 is 0 Å². The van der Waals surface area contributed by atoms with Crippen LogP contribution in [0.4, 0.5) is 0 Å². The van der Waals surface area contributed by atoms with Crippen molar-refractivity contribution < 1.29 is 0 Å². The van der Waals surface area contributed by atoms with E-state index in [9.17, 15) is 0 Å². The van der Waals surface area contributed by atoms with Crippen molar-refractivity contribution in [2.24, 2.45) is 5.92 Å². The molecule has 0 aromatic rings. The molecular formula is C13H28N2. The van der Waals surface area contributed by atoms with Crippen LogP contribution in [0.5, 0.6) is 0 Å². The monoisotopic (exact) mass is 212 g/mol. The molecular weight excluding hydrogens is 184 g/mol. The number of hydrogen-bond acceptors (Lipinski definition) is 2. The highest BCUT2D eigenvalue weighted by Crippen LogP contribution is 2.26. The highest BCUT2D eigenvalue weighted by Gasteiger charge is 2.27. The summed E-state index contributed by atoms with van der Waals surface area (Å²) < 4.78 is 0. The van der Waals surface area contributed by atoms with Gasteiger partial charge in [0, 0.05) is 25.2 Å². The predicted octanol–water partition coefficient (Wildman–Crippen LogP) is 2.49. The molecule has 15 heavy (non-hydrogen) atoms. The first kappa shape index (κ1) is 13.0. The van der Waals surface area contributed by atoms with Gasteiger partial charge in [-0.05, 0) is 38.6 Å². The van der Waals surface area contributed by atoms with Crippen molar-refractivity contribution in [2.75, 3.05) is 19.6 Å². The molecule has 1 aliphatic carbocycles.